The highest BCUT2D eigenvalue weighted by Crippen LogP contribution is 2.01. The first-order chi connectivity index (χ1) is 7.97. The number of aliphatic hydroxyl groups is 1. The van der Waals surface area contributed by atoms with Crippen molar-refractivity contribution in [2.45, 2.75) is 26.4 Å². The highest BCUT2D eigenvalue weighted by atomic mass is 32.2. The highest BCUT2D eigenvalue weighted by molar-refractivity contribution is 7.98. The Morgan fingerprint density at radius 2 is 2.12 bits per heavy atom. The topological polar surface area (TPSA) is 65.0 Å². The van der Waals surface area contributed by atoms with Crippen LogP contribution in [0.5, 0.6) is 0 Å². The van der Waals surface area contributed by atoms with Crippen molar-refractivity contribution < 1.29 is 24.4 Å². The Morgan fingerprint density at radius 3 is 2.47 bits per heavy atom. The van der Waals surface area contributed by atoms with E-state index >= 15 is 0 Å². The van der Waals surface area contributed by atoms with Gasteiger partial charge in [0.25, 0.3) is 0 Å². The summed E-state index contributed by atoms with van der Waals surface area (Å²) >= 11 is 1.65. The SMILES string of the molecule is C=C(CSC)OOC.CCC(O)COC(C)=O. The van der Waals surface area contributed by atoms with Gasteiger partial charge in [0.1, 0.15) is 12.4 Å². The van der Waals surface area contributed by atoms with Crippen molar-refractivity contribution in [3.05, 3.63) is 12.3 Å². The molecule has 0 radical (unpaired) electrons. The molecule has 0 aliphatic rings. The molecule has 0 rings (SSSR count). The summed E-state index contributed by atoms with van der Waals surface area (Å²) in [6.07, 6.45) is 2.09. The number of carbonyl (C=O) groups excluding carboxylic acids is 1. The van der Waals surface area contributed by atoms with Crippen LogP contribution in [0.15, 0.2) is 12.3 Å². The maximum Gasteiger partial charge on any atom is 0.302 e. The molecule has 0 aliphatic heterocycles. The molecular weight excluding hydrogens is 244 g/mol. The Balaban J connectivity index is 0. The van der Waals surface area contributed by atoms with Crippen LogP contribution in [0.2, 0.25) is 0 Å². The monoisotopic (exact) mass is 266 g/mol. The second-order valence-corrected chi connectivity index (χ2v) is 3.95. The van der Waals surface area contributed by atoms with Gasteiger partial charge in [0, 0.05) is 6.92 Å². The van der Waals surface area contributed by atoms with Crippen molar-refractivity contribution >= 4 is 17.7 Å². The van der Waals surface area contributed by atoms with E-state index in [2.05, 4.69) is 21.1 Å². The number of ether oxygens (including phenoxy) is 1. The van der Waals surface area contributed by atoms with Gasteiger partial charge < -0.3 is 14.7 Å². The van der Waals surface area contributed by atoms with Gasteiger partial charge in [-0.1, -0.05) is 13.5 Å². The third-order valence-electron chi connectivity index (χ3n) is 1.46. The number of carbonyl (C=O) groups is 1. The minimum absolute atomic E-state index is 0.117. The van der Waals surface area contributed by atoms with Gasteiger partial charge in [-0.2, -0.15) is 16.6 Å². The lowest BCUT2D eigenvalue weighted by atomic mass is 10.3. The molecule has 0 spiro atoms. The summed E-state index contributed by atoms with van der Waals surface area (Å²) in [6, 6.07) is 0. The molecule has 17 heavy (non-hydrogen) atoms. The molecule has 1 atom stereocenters. The normalized spacial score (nSPS) is 10.9. The van der Waals surface area contributed by atoms with E-state index in [9.17, 15) is 4.79 Å². The standard InChI is InChI=1S/C6H12O3.C5H10O2S/c1-3-6(8)4-9-5(2)7;1-5(4-8-3)7-6-2/h6,8H,3-4H2,1-2H3;1,4H2,2-3H3. The van der Waals surface area contributed by atoms with Crippen LogP contribution in [0.1, 0.15) is 20.3 Å². The fourth-order valence-corrected chi connectivity index (χ4v) is 1.00. The molecule has 0 fully saturated rings. The Labute approximate surface area is 107 Å². The summed E-state index contributed by atoms with van der Waals surface area (Å²) in [4.78, 5) is 19.0. The molecule has 0 aromatic heterocycles. The molecule has 1 unspecified atom stereocenters. The van der Waals surface area contributed by atoms with Gasteiger partial charge >= 0.3 is 5.97 Å². The molecule has 1 N–H and O–H groups in total. The Morgan fingerprint density at radius 1 is 1.53 bits per heavy atom. The molecular formula is C11H22O5S. The highest BCUT2D eigenvalue weighted by Gasteiger charge is 2.00. The Kier molecular flexibility index (Phi) is 14.6. The van der Waals surface area contributed by atoms with Crippen molar-refractivity contribution in [3.63, 3.8) is 0 Å². The molecule has 0 aromatic carbocycles. The van der Waals surface area contributed by atoms with Crippen LogP contribution in [-0.4, -0.2) is 42.9 Å². The number of hydrogen-bond acceptors (Lipinski definition) is 6. The van der Waals surface area contributed by atoms with Crippen molar-refractivity contribution in [2.24, 2.45) is 0 Å². The molecule has 102 valence electrons. The third-order valence-corrected chi connectivity index (χ3v) is 2.07. The van der Waals surface area contributed by atoms with E-state index in [1.54, 1.807) is 11.8 Å². The molecule has 0 heterocycles. The lowest BCUT2D eigenvalue weighted by Crippen LogP contribution is -2.15. The molecule has 0 aromatic rings. The van der Waals surface area contributed by atoms with Gasteiger partial charge in [0.05, 0.1) is 19.0 Å². The number of thioether (sulfide) groups is 1. The summed E-state index contributed by atoms with van der Waals surface area (Å²) in [6.45, 7) is 6.83. The first-order valence-corrected chi connectivity index (χ1v) is 6.56. The maximum atomic E-state index is 10.1. The maximum absolute atomic E-state index is 10.1. The van der Waals surface area contributed by atoms with Crippen LogP contribution >= 0.6 is 11.8 Å². The van der Waals surface area contributed by atoms with Crippen LogP contribution in [0.4, 0.5) is 0 Å². The van der Waals surface area contributed by atoms with E-state index in [0.29, 0.717) is 12.2 Å². The fourth-order valence-electron chi connectivity index (χ4n) is 0.634. The molecule has 0 saturated carbocycles. The van der Waals surface area contributed by atoms with Crippen LogP contribution in [-0.2, 0) is 19.3 Å². The van der Waals surface area contributed by atoms with Crippen molar-refractivity contribution in [3.8, 4) is 0 Å². The predicted molar refractivity (Wildman–Crippen MR) is 68.5 cm³/mol. The lowest BCUT2D eigenvalue weighted by Gasteiger charge is -2.05. The smallest absolute Gasteiger partial charge is 0.302 e. The van der Waals surface area contributed by atoms with E-state index in [1.165, 1.54) is 14.0 Å². The van der Waals surface area contributed by atoms with Gasteiger partial charge in [-0.3, -0.25) is 4.79 Å². The second-order valence-electron chi connectivity index (χ2n) is 3.09. The van der Waals surface area contributed by atoms with Gasteiger partial charge in [-0.15, -0.1) is 0 Å². The minimum atomic E-state index is -0.506. The number of rotatable bonds is 7. The molecule has 0 saturated heterocycles. The van der Waals surface area contributed by atoms with Crippen LogP contribution < -0.4 is 0 Å². The van der Waals surface area contributed by atoms with E-state index in [4.69, 9.17) is 5.11 Å². The molecule has 5 nitrogen and oxygen atoms in total. The molecule has 0 amide bonds. The third kappa shape index (κ3) is 17.9. The average molecular weight is 266 g/mol. The average Bonchev–Trinajstić information content (AvgIpc) is 2.27. The zero-order valence-corrected chi connectivity index (χ0v) is 11.7. The zero-order chi connectivity index (χ0) is 13.7. The predicted octanol–water partition coefficient (Wildman–Crippen LogP) is 1.76. The van der Waals surface area contributed by atoms with Crippen molar-refractivity contribution in [1.82, 2.24) is 0 Å². The molecule has 6 heteroatoms. The number of aliphatic hydroxyl groups excluding tert-OH is 1. The van der Waals surface area contributed by atoms with Crippen LogP contribution in [0, 0.1) is 0 Å². The summed E-state index contributed by atoms with van der Waals surface area (Å²) in [7, 11) is 1.46. The minimum Gasteiger partial charge on any atom is -0.463 e. The van der Waals surface area contributed by atoms with E-state index in [0.717, 1.165) is 5.75 Å². The van der Waals surface area contributed by atoms with E-state index < -0.39 is 6.10 Å². The quantitative estimate of drug-likeness (QED) is 0.328. The summed E-state index contributed by atoms with van der Waals surface area (Å²) in [5.74, 6) is 1.09. The van der Waals surface area contributed by atoms with Gasteiger partial charge in [0.2, 0.25) is 0 Å². The van der Waals surface area contributed by atoms with E-state index in [1.807, 2.05) is 13.2 Å². The summed E-state index contributed by atoms with van der Waals surface area (Å²) < 4.78 is 4.51. The van der Waals surface area contributed by atoms with Crippen LogP contribution in [0.3, 0.4) is 0 Å². The number of esters is 1. The fraction of sp³-hybridized carbons (Fsp3) is 0.727. The Hall–Kier alpha value is -0.720. The van der Waals surface area contributed by atoms with Gasteiger partial charge in [-0.05, 0) is 12.7 Å². The zero-order valence-electron chi connectivity index (χ0n) is 10.9. The Bertz CT molecular complexity index is 200. The summed E-state index contributed by atoms with van der Waals surface area (Å²) in [5, 5.41) is 8.83. The van der Waals surface area contributed by atoms with Crippen LogP contribution in [0.25, 0.3) is 0 Å². The van der Waals surface area contributed by atoms with E-state index in [-0.39, 0.29) is 12.6 Å². The summed E-state index contributed by atoms with van der Waals surface area (Å²) in [5.41, 5.74) is 0. The van der Waals surface area contributed by atoms with Crippen molar-refractivity contribution in [1.29, 1.82) is 0 Å². The molecule has 0 aliphatic carbocycles. The lowest BCUT2D eigenvalue weighted by molar-refractivity contribution is -0.235. The first-order valence-electron chi connectivity index (χ1n) is 5.16. The second kappa shape index (κ2) is 13.3. The van der Waals surface area contributed by atoms with Crippen molar-refractivity contribution in [2.75, 3.05) is 25.7 Å². The van der Waals surface area contributed by atoms with Gasteiger partial charge in [0.15, 0.2) is 0 Å². The largest absolute Gasteiger partial charge is 0.463 e. The van der Waals surface area contributed by atoms with Gasteiger partial charge in [-0.25, -0.2) is 0 Å². The first kappa shape index (κ1) is 18.6. The number of hydrogen-bond donors (Lipinski definition) is 1. The molecule has 0 bridgehead atoms.